The molecular formula is C22H33N5O. The minimum Gasteiger partial charge on any atom is -0.383 e. The Bertz CT molecular complexity index is 745. The summed E-state index contributed by atoms with van der Waals surface area (Å²) in [7, 11) is 1.72. The van der Waals surface area contributed by atoms with Crippen LogP contribution in [-0.4, -0.2) is 51.9 Å². The van der Waals surface area contributed by atoms with Crippen molar-refractivity contribution >= 4 is 0 Å². The van der Waals surface area contributed by atoms with Gasteiger partial charge in [0.1, 0.15) is 0 Å². The first-order chi connectivity index (χ1) is 13.7. The van der Waals surface area contributed by atoms with Gasteiger partial charge in [-0.25, -0.2) is 4.68 Å². The van der Waals surface area contributed by atoms with Crippen LogP contribution >= 0.6 is 0 Å². The van der Waals surface area contributed by atoms with E-state index in [0.29, 0.717) is 18.6 Å². The van der Waals surface area contributed by atoms with E-state index in [1.165, 1.54) is 56.1 Å². The number of aryl methyl sites for hydroxylation is 1. The number of aromatic nitrogens is 4. The zero-order valence-corrected chi connectivity index (χ0v) is 17.3. The molecule has 0 unspecified atom stereocenters. The summed E-state index contributed by atoms with van der Waals surface area (Å²) < 4.78 is 7.20. The van der Waals surface area contributed by atoms with Gasteiger partial charge in [-0.15, -0.1) is 5.10 Å². The van der Waals surface area contributed by atoms with Crippen LogP contribution in [0.3, 0.4) is 0 Å². The molecule has 6 nitrogen and oxygen atoms in total. The van der Waals surface area contributed by atoms with Crippen molar-refractivity contribution in [3.05, 3.63) is 41.2 Å². The Labute approximate surface area is 168 Å². The van der Waals surface area contributed by atoms with Gasteiger partial charge in [-0.05, 0) is 60.6 Å². The summed E-state index contributed by atoms with van der Waals surface area (Å²) in [4.78, 5) is 2.65. The van der Waals surface area contributed by atoms with E-state index >= 15 is 0 Å². The topological polar surface area (TPSA) is 56.1 Å². The van der Waals surface area contributed by atoms with Crippen molar-refractivity contribution in [1.29, 1.82) is 0 Å². The number of nitrogens with zero attached hydrogens (tertiary/aromatic N) is 5. The maximum atomic E-state index is 5.28. The van der Waals surface area contributed by atoms with Crippen LogP contribution in [0.4, 0.5) is 0 Å². The molecule has 28 heavy (non-hydrogen) atoms. The van der Waals surface area contributed by atoms with Crippen LogP contribution in [0.15, 0.2) is 24.3 Å². The van der Waals surface area contributed by atoms with E-state index in [1.54, 1.807) is 7.11 Å². The average molecular weight is 384 g/mol. The Morgan fingerprint density at radius 1 is 1.07 bits per heavy atom. The standard InChI is InChI=1S/C22H33N5O/c1-18-7-9-19(10-8-18)20(21-23-24-25-27(21)15-16-28-2)26-14-6-13-22(17-26)11-4-3-5-12-22/h7-10,20H,3-6,11-17H2,1-2H3/t20-/m0/s1. The summed E-state index contributed by atoms with van der Waals surface area (Å²) in [5, 5.41) is 12.8. The molecule has 1 aromatic heterocycles. The van der Waals surface area contributed by atoms with Crippen LogP contribution in [0.1, 0.15) is 67.9 Å². The maximum Gasteiger partial charge on any atom is 0.173 e. The Morgan fingerprint density at radius 3 is 2.57 bits per heavy atom. The van der Waals surface area contributed by atoms with Gasteiger partial charge in [0.05, 0.1) is 19.2 Å². The third kappa shape index (κ3) is 4.13. The van der Waals surface area contributed by atoms with Crippen LogP contribution in [0.25, 0.3) is 0 Å². The number of hydrogen-bond acceptors (Lipinski definition) is 5. The molecule has 1 saturated carbocycles. The van der Waals surface area contributed by atoms with Gasteiger partial charge in [0.25, 0.3) is 0 Å². The van der Waals surface area contributed by atoms with E-state index in [0.717, 1.165) is 18.9 Å². The Hall–Kier alpha value is -1.79. The lowest BCUT2D eigenvalue weighted by Crippen LogP contribution is -2.46. The van der Waals surface area contributed by atoms with Crippen LogP contribution in [0.5, 0.6) is 0 Å². The fourth-order valence-corrected chi connectivity index (χ4v) is 5.19. The van der Waals surface area contributed by atoms with Crippen molar-refractivity contribution in [3.8, 4) is 0 Å². The monoisotopic (exact) mass is 383 g/mol. The van der Waals surface area contributed by atoms with Gasteiger partial charge in [-0.2, -0.15) is 0 Å². The number of likely N-dealkylation sites (tertiary alicyclic amines) is 1. The highest BCUT2D eigenvalue weighted by atomic mass is 16.5. The van der Waals surface area contributed by atoms with Gasteiger partial charge >= 0.3 is 0 Å². The number of piperidine rings is 1. The van der Waals surface area contributed by atoms with Gasteiger partial charge in [0.2, 0.25) is 0 Å². The molecule has 1 aromatic carbocycles. The first-order valence-corrected chi connectivity index (χ1v) is 10.8. The lowest BCUT2D eigenvalue weighted by atomic mass is 9.69. The molecule has 1 aliphatic heterocycles. The second-order valence-electron chi connectivity index (χ2n) is 8.70. The first-order valence-electron chi connectivity index (χ1n) is 10.8. The Morgan fingerprint density at radius 2 is 1.82 bits per heavy atom. The van der Waals surface area contributed by atoms with Crippen molar-refractivity contribution < 1.29 is 4.74 Å². The highest BCUT2D eigenvalue weighted by molar-refractivity contribution is 5.28. The fraction of sp³-hybridized carbons (Fsp3) is 0.682. The van der Waals surface area contributed by atoms with Crippen molar-refractivity contribution in [2.75, 3.05) is 26.8 Å². The van der Waals surface area contributed by atoms with Crippen LogP contribution in [0, 0.1) is 12.3 Å². The first kappa shape index (κ1) is 19.5. The highest BCUT2D eigenvalue weighted by Gasteiger charge is 2.40. The van der Waals surface area contributed by atoms with Gasteiger partial charge in [0.15, 0.2) is 5.82 Å². The Balaban J connectivity index is 1.67. The van der Waals surface area contributed by atoms with Crippen molar-refractivity contribution in [1.82, 2.24) is 25.1 Å². The smallest absolute Gasteiger partial charge is 0.173 e. The molecule has 2 aromatic rings. The molecule has 0 amide bonds. The Kier molecular flexibility index (Phi) is 6.07. The molecule has 2 heterocycles. The third-order valence-corrected chi connectivity index (χ3v) is 6.67. The van der Waals surface area contributed by atoms with Gasteiger partial charge in [-0.3, -0.25) is 4.90 Å². The summed E-state index contributed by atoms with van der Waals surface area (Å²) in [5.74, 6) is 0.939. The number of benzene rings is 1. The molecule has 6 heteroatoms. The largest absolute Gasteiger partial charge is 0.383 e. The molecule has 2 aliphatic rings. The summed E-state index contributed by atoms with van der Waals surface area (Å²) in [5.41, 5.74) is 3.06. The molecule has 152 valence electrons. The number of methoxy groups -OCH3 is 1. The summed E-state index contributed by atoms with van der Waals surface area (Å²) in [6.45, 7) is 5.70. The fourth-order valence-electron chi connectivity index (χ4n) is 5.19. The normalized spacial score (nSPS) is 21.1. The number of rotatable bonds is 6. The quantitative estimate of drug-likeness (QED) is 0.760. The average Bonchev–Trinajstić information content (AvgIpc) is 3.17. The molecule has 0 N–H and O–H groups in total. The van der Waals surface area contributed by atoms with Gasteiger partial charge in [0, 0.05) is 13.7 Å². The van der Waals surface area contributed by atoms with E-state index in [4.69, 9.17) is 4.74 Å². The molecule has 1 atom stereocenters. The van der Waals surface area contributed by atoms with E-state index in [2.05, 4.69) is 51.6 Å². The minimum atomic E-state index is 0.103. The lowest BCUT2D eigenvalue weighted by Gasteiger charge is -2.47. The van der Waals surface area contributed by atoms with E-state index in [-0.39, 0.29) is 6.04 Å². The van der Waals surface area contributed by atoms with Crippen molar-refractivity contribution in [2.45, 2.75) is 64.5 Å². The van der Waals surface area contributed by atoms with E-state index in [9.17, 15) is 0 Å². The molecule has 0 bridgehead atoms. The molecule has 1 saturated heterocycles. The van der Waals surface area contributed by atoms with Crippen LogP contribution in [0.2, 0.25) is 0 Å². The summed E-state index contributed by atoms with van der Waals surface area (Å²) >= 11 is 0. The van der Waals surface area contributed by atoms with Gasteiger partial charge in [-0.1, -0.05) is 49.1 Å². The lowest BCUT2D eigenvalue weighted by molar-refractivity contribution is 0.0338. The molecule has 4 rings (SSSR count). The van der Waals surface area contributed by atoms with E-state index in [1.807, 2.05) is 4.68 Å². The summed E-state index contributed by atoms with van der Waals surface area (Å²) in [6.07, 6.45) is 9.56. The summed E-state index contributed by atoms with van der Waals surface area (Å²) in [6, 6.07) is 9.00. The molecular weight excluding hydrogens is 350 g/mol. The number of tetrazole rings is 1. The van der Waals surface area contributed by atoms with Gasteiger partial charge < -0.3 is 4.74 Å². The minimum absolute atomic E-state index is 0.103. The molecule has 1 spiro atoms. The van der Waals surface area contributed by atoms with E-state index < -0.39 is 0 Å². The second kappa shape index (κ2) is 8.70. The van der Waals surface area contributed by atoms with Crippen molar-refractivity contribution in [3.63, 3.8) is 0 Å². The highest BCUT2D eigenvalue weighted by Crippen LogP contribution is 2.45. The second-order valence-corrected chi connectivity index (χ2v) is 8.70. The zero-order valence-electron chi connectivity index (χ0n) is 17.3. The molecule has 2 fully saturated rings. The predicted molar refractivity (Wildman–Crippen MR) is 109 cm³/mol. The zero-order chi connectivity index (χ0) is 19.4. The SMILES string of the molecule is COCCn1nnnc1[C@H](c1ccc(C)cc1)N1CCCC2(CCCCC2)C1. The number of hydrogen-bond donors (Lipinski definition) is 0. The molecule has 0 radical (unpaired) electrons. The molecule has 1 aliphatic carbocycles. The third-order valence-electron chi connectivity index (χ3n) is 6.67. The van der Waals surface area contributed by atoms with Crippen LogP contribution in [-0.2, 0) is 11.3 Å². The predicted octanol–water partition coefficient (Wildman–Crippen LogP) is 3.76. The maximum absolute atomic E-state index is 5.28. The van der Waals surface area contributed by atoms with Crippen LogP contribution < -0.4 is 0 Å². The van der Waals surface area contributed by atoms with Crippen molar-refractivity contribution in [2.24, 2.45) is 5.41 Å². The number of ether oxygens (including phenoxy) is 1.